The first kappa shape index (κ1) is 65.9. The quantitative estimate of drug-likeness (QED) is 0.0235. The Morgan fingerprint density at radius 1 is 0.773 bits per heavy atom. The van der Waals surface area contributed by atoms with Crippen molar-refractivity contribution >= 4 is 59.6 Å². The molecule has 88 heavy (non-hydrogen) atoms. The number of nitrogens with zero attached hydrogens (tertiary/aromatic N) is 4. The van der Waals surface area contributed by atoms with Crippen molar-refractivity contribution < 1.29 is 102 Å². The van der Waals surface area contributed by atoms with E-state index in [0.717, 1.165) is 54.5 Å². The summed E-state index contributed by atoms with van der Waals surface area (Å²) in [5, 5.41) is 111. The number of hydrogen-bond donors (Lipinski definition) is 14. The van der Waals surface area contributed by atoms with E-state index < -0.39 is 177 Å². The molecule has 3 aromatic carbocycles. The number of aliphatic hydroxyl groups excluding tert-OH is 6. The van der Waals surface area contributed by atoms with Crippen LogP contribution in [0, 0.1) is 5.92 Å². The maximum atomic E-state index is 14.7. The van der Waals surface area contributed by atoms with Gasteiger partial charge in [0, 0.05) is 61.5 Å². The molecule has 4 aromatic rings. The van der Waals surface area contributed by atoms with Gasteiger partial charge in [0.15, 0.2) is 11.5 Å². The smallest absolute Gasteiger partial charge is 0.261 e. The highest BCUT2D eigenvalue weighted by molar-refractivity contribution is 7.90. The van der Waals surface area contributed by atoms with E-state index in [1.807, 2.05) is 12.1 Å². The zero-order valence-electron chi connectivity index (χ0n) is 47.6. The maximum absolute atomic E-state index is 14.7. The van der Waals surface area contributed by atoms with Gasteiger partial charge in [-0.25, -0.2) is 5.26 Å². The fourth-order valence-corrected chi connectivity index (χ4v) is 11.2. The summed E-state index contributed by atoms with van der Waals surface area (Å²) in [5.74, 6) is -10.2. The van der Waals surface area contributed by atoms with Crippen molar-refractivity contribution in [3.8, 4) is 40.2 Å². The number of benzene rings is 3. The van der Waals surface area contributed by atoms with E-state index in [2.05, 4.69) is 46.2 Å². The Labute approximate surface area is 506 Å². The van der Waals surface area contributed by atoms with Crippen LogP contribution < -0.4 is 41.2 Å². The van der Waals surface area contributed by atoms with Crippen molar-refractivity contribution in [1.29, 1.82) is 0 Å². The molecule has 15 N–H and O–H groups in total. The van der Waals surface area contributed by atoms with Crippen LogP contribution in [0.15, 0.2) is 71.1 Å². The highest BCUT2D eigenvalue weighted by Gasteiger charge is 2.50. The summed E-state index contributed by atoms with van der Waals surface area (Å²) in [6, 6.07) is 4.72. The highest BCUT2D eigenvalue weighted by atomic mass is 32.2. The third-order valence-electron chi connectivity index (χ3n) is 15.6. The van der Waals surface area contributed by atoms with Crippen molar-refractivity contribution in [1.82, 2.24) is 46.6 Å². The van der Waals surface area contributed by atoms with Gasteiger partial charge in [0.1, 0.15) is 42.0 Å². The number of β-amino-alcohol motifs (C(OH)–C–C–N with tert-alkyl or cyclic N) is 1. The number of aromatic nitrogens is 2. The van der Waals surface area contributed by atoms with Crippen molar-refractivity contribution in [2.75, 3.05) is 19.6 Å². The number of ether oxygens (including phenoxy) is 1. The molecule has 3 aliphatic heterocycles. The van der Waals surface area contributed by atoms with Crippen molar-refractivity contribution in [2.24, 2.45) is 11.7 Å². The van der Waals surface area contributed by atoms with Crippen molar-refractivity contribution in [2.45, 2.75) is 151 Å². The topological polar surface area (TPSA) is 467 Å². The standard InChI is InChI=1S/C56H70N10O21S/c1-26-24-66-46(47(26)74)52(79)58-23-32(68)20-36(59-48(75)29-9-11-30(12-10-29)53-63-64-54(84-53)31-13-15-35(16-14-31)83-34-6-4-3-5-7-34)49(76)60-43(27(2)67)55(80)65-25-33(69)21-37(65)50(77)61-44(51(78)62-45(56(66)81)40(72)22-42(57)73)39(71)18-28-8-17-38(70)41(19-28)85-88-87-86-82/h8-17,19,26-27,32-34,36-37,39-40,43-47,67-72,74,82H,3-7,18,20-25H2,1-2H3,(H2,57,73)(H,58,79)(H,59,75)(H,60,76)(H,61,77)(H,62,78). The molecule has 8 rings (SSSR count). The SMILES string of the molecule is CC(O)C1NC(=O)C(NC(=O)c2ccc(-c3nnc(-c4ccc(OC5CCCCC5)cc4)o3)cc2)CC(O)CNC(=O)C2C(O)C(C)CN2C(=O)C(C(O)CC(N)=O)NC(=O)C(C(O)Cc2ccc(O)c(OSOOO)c2)NC(=O)C2CC(O)CN2C1=O. The lowest BCUT2D eigenvalue weighted by molar-refractivity contribution is -0.433. The van der Waals surface area contributed by atoms with E-state index in [0.29, 0.717) is 16.9 Å². The zero-order chi connectivity index (χ0) is 63.5. The second-order valence-electron chi connectivity index (χ2n) is 22.2. The monoisotopic (exact) mass is 1250 g/mol. The van der Waals surface area contributed by atoms with Crippen molar-refractivity contribution in [3.63, 3.8) is 0 Å². The first-order valence-electron chi connectivity index (χ1n) is 28.3. The lowest BCUT2D eigenvalue weighted by Crippen LogP contribution is -2.64. The number of carbonyl (C=O) groups excluding carboxylic acids is 8. The fraction of sp³-hybridized carbons (Fsp3) is 0.500. The second-order valence-corrected chi connectivity index (χ2v) is 22.6. The average molecular weight is 1250 g/mol. The van der Waals surface area contributed by atoms with Crippen LogP contribution in [-0.4, -0.2) is 207 Å². The molecule has 0 radical (unpaired) electrons. The Kier molecular flexibility index (Phi) is 22.3. The summed E-state index contributed by atoms with van der Waals surface area (Å²) in [7, 11) is 0. The highest BCUT2D eigenvalue weighted by Crippen LogP contribution is 2.33. The number of phenolic OH excluding ortho intramolecular Hbond substituents is 1. The van der Waals surface area contributed by atoms with Gasteiger partial charge in [-0.1, -0.05) is 28.8 Å². The van der Waals surface area contributed by atoms with Gasteiger partial charge in [-0.15, -0.1) is 10.2 Å². The second kappa shape index (κ2) is 29.8. The van der Waals surface area contributed by atoms with Gasteiger partial charge in [0.2, 0.25) is 53.1 Å². The molecule has 1 saturated carbocycles. The molecule has 13 atom stereocenters. The lowest BCUT2D eigenvalue weighted by atomic mass is 9.98. The van der Waals surface area contributed by atoms with E-state index in [9.17, 15) is 74.1 Å². The molecular formula is C56H70N10O21S. The van der Waals surface area contributed by atoms with Crippen LogP contribution in [0.1, 0.15) is 81.1 Å². The number of nitrogens with one attached hydrogen (secondary N) is 5. The third-order valence-corrected chi connectivity index (χ3v) is 15.9. The van der Waals surface area contributed by atoms with Crippen LogP contribution in [0.3, 0.4) is 0 Å². The Morgan fingerprint density at radius 2 is 1.41 bits per heavy atom. The molecule has 476 valence electrons. The molecule has 8 amide bonds. The van der Waals surface area contributed by atoms with Crippen molar-refractivity contribution in [3.05, 3.63) is 77.9 Å². The number of aromatic hydroxyl groups is 1. The largest absolute Gasteiger partial charge is 0.504 e. The maximum Gasteiger partial charge on any atom is 0.261 e. The zero-order valence-corrected chi connectivity index (χ0v) is 48.4. The molecule has 1 aromatic heterocycles. The van der Waals surface area contributed by atoms with Gasteiger partial charge in [0.05, 0.1) is 49.1 Å². The summed E-state index contributed by atoms with van der Waals surface area (Å²) in [6.45, 7) is 0.831. The number of rotatable bonds is 17. The number of primary amides is 1. The van der Waals surface area contributed by atoms with Crippen LogP contribution >= 0.6 is 12.3 Å². The summed E-state index contributed by atoms with van der Waals surface area (Å²) >= 11 is 0.0548. The van der Waals surface area contributed by atoms with E-state index >= 15 is 0 Å². The molecule has 3 saturated heterocycles. The number of nitrogens with two attached hydrogens (primary N) is 1. The summed E-state index contributed by atoms with van der Waals surface area (Å²) in [4.78, 5) is 115. The molecule has 1 aliphatic carbocycles. The van der Waals surface area contributed by atoms with Crippen LogP contribution in [0.2, 0.25) is 0 Å². The minimum atomic E-state index is -2.22. The molecule has 0 bridgehead atoms. The predicted molar refractivity (Wildman–Crippen MR) is 302 cm³/mol. The Bertz CT molecular complexity index is 3130. The molecule has 0 spiro atoms. The predicted octanol–water partition coefficient (Wildman–Crippen LogP) is -1.99. The Morgan fingerprint density at radius 3 is 2.06 bits per heavy atom. The number of fused-ring (bicyclic) bond motifs is 2. The summed E-state index contributed by atoms with van der Waals surface area (Å²) < 4.78 is 21.4. The molecule has 4 aliphatic rings. The first-order chi connectivity index (χ1) is 42.0. The molecular weight excluding hydrogens is 1180 g/mol. The molecule has 4 heterocycles. The minimum absolute atomic E-state index is 0.0383. The molecule has 13 unspecified atom stereocenters. The van der Waals surface area contributed by atoms with Gasteiger partial charge < -0.3 is 91.2 Å². The van der Waals surface area contributed by atoms with Crippen LogP contribution in [-0.2, 0) is 49.4 Å². The first-order valence-corrected chi connectivity index (χ1v) is 29.0. The van der Waals surface area contributed by atoms with Crippen LogP contribution in [0.4, 0.5) is 0 Å². The average Bonchev–Trinajstić information content (AvgIpc) is 2.99. The van der Waals surface area contributed by atoms with Gasteiger partial charge >= 0.3 is 0 Å². The molecule has 32 heteroatoms. The fourth-order valence-electron chi connectivity index (χ4n) is 10.9. The number of phenols is 1. The lowest BCUT2D eigenvalue weighted by Gasteiger charge is -2.33. The van der Waals surface area contributed by atoms with E-state index in [1.54, 1.807) is 12.1 Å². The van der Waals surface area contributed by atoms with Gasteiger partial charge in [0.25, 0.3) is 18.2 Å². The van der Waals surface area contributed by atoms with E-state index in [1.165, 1.54) is 43.7 Å². The van der Waals surface area contributed by atoms with Gasteiger partial charge in [-0.2, -0.15) is 0 Å². The van der Waals surface area contributed by atoms with Gasteiger partial charge in [-0.3, -0.25) is 38.4 Å². The van der Waals surface area contributed by atoms with Gasteiger partial charge in [-0.05, 0) is 98.8 Å². The van der Waals surface area contributed by atoms with E-state index in [4.69, 9.17) is 24.3 Å². The number of aliphatic hydroxyl groups is 6. The molecule has 31 nitrogen and oxygen atoms in total. The molecule has 4 fully saturated rings. The normalized spacial score (nSPS) is 26.5. The number of amides is 8. The summed E-state index contributed by atoms with van der Waals surface area (Å²) in [6.07, 6.45) is -8.11. The summed E-state index contributed by atoms with van der Waals surface area (Å²) in [5.41, 5.74) is 6.47. The Balaban J connectivity index is 1.08. The minimum Gasteiger partial charge on any atom is -0.504 e. The number of carbonyl (C=O) groups is 8. The van der Waals surface area contributed by atoms with E-state index in [-0.39, 0.29) is 47.1 Å². The van der Waals surface area contributed by atoms with Crippen LogP contribution in [0.25, 0.3) is 22.9 Å². The third kappa shape index (κ3) is 16.4. The Hall–Kier alpha value is -8.05. The van der Waals surface area contributed by atoms with Crippen LogP contribution in [0.5, 0.6) is 17.2 Å². The number of hydrogen-bond acceptors (Lipinski definition) is 24.